The Hall–Kier alpha value is -2.49. The second-order valence-electron chi connectivity index (χ2n) is 4.69. The Morgan fingerprint density at radius 1 is 1.14 bits per heavy atom. The molecular weight excluding hydrogens is 264 g/mol. The second kappa shape index (κ2) is 6.79. The Bertz CT molecular complexity index is 622. The lowest BCUT2D eigenvalue weighted by molar-refractivity contribution is 0.112. The number of nitrogen functional groups attached to an aromatic ring is 1. The third-order valence-corrected chi connectivity index (χ3v) is 3.34. The van der Waals surface area contributed by atoms with Gasteiger partial charge < -0.3 is 15.4 Å². The van der Waals surface area contributed by atoms with Gasteiger partial charge in [0.2, 0.25) is 0 Å². The van der Waals surface area contributed by atoms with Crippen LogP contribution in [0.5, 0.6) is 11.5 Å². The minimum absolute atomic E-state index is 0.522. The molecule has 0 atom stereocenters. The first-order valence-corrected chi connectivity index (χ1v) is 7.05. The lowest BCUT2D eigenvalue weighted by Gasteiger charge is -2.22. The number of carbonyl (C=O) groups is 1. The van der Waals surface area contributed by atoms with Crippen LogP contribution < -0.4 is 15.4 Å². The first-order chi connectivity index (χ1) is 10.2. The van der Waals surface area contributed by atoms with Crippen molar-refractivity contribution in [3.63, 3.8) is 0 Å². The summed E-state index contributed by atoms with van der Waals surface area (Å²) in [5.74, 6) is 1.16. The Labute approximate surface area is 125 Å². The molecular formula is C17H20N2O2. The van der Waals surface area contributed by atoms with E-state index in [-0.39, 0.29) is 0 Å². The molecule has 0 aliphatic heterocycles. The first kappa shape index (κ1) is 14.9. The van der Waals surface area contributed by atoms with Crippen molar-refractivity contribution in [2.75, 3.05) is 23.7 Å². The van der Waals surface area contributed by atoms with E-state index in [1.807, 2.05) is 24.3 Å². The minimum Gasteiger partial charge on any atom is -0.456 e. The fourth-order valence-corrected chi connectivity index (χ4v) is 2.20. The van der Waals surface area contributed by atoms with Gasteiger partial charge in [0.25, 0.3) is 0 Å². The van der Waals surface area contributed by atoms with Crippen LogP contribution in [0, 0.1) is 0 Å². The first-order valence-electron chi connectivity index (χ1n) is 7.05. The molecule has 0 spiro atoms. The van der Waals surface area contributed by atoms with Gasteiger partial charge in [-0.1, -0.05) is 6.07 Å². The summed E-state index contributed by atoms with van der Waals surface area (Å²) in [7, 11) is 0. The number of carbonyl (C=O) groups excluding carboxylic acids is 1. The van der Waals surface area contributed by atoms with Crippen LogP contribution in [0.3, 0.4) is 0 Å². The van der Waals surface area contributed by atoms with Crippen molar-refractivity contribution in [2.45, 2.75) is 13.8 Å². The maximum Gasteiger partial charge on any atom is 0.153 e. The average molecular weight is 284 g/mol. The van der Waals surface area contributed by atoms with Gasteiger partial charge in [0.15, 0.2) is 6.29 Å². The maximum atomic E-state index is 11.2. The van der Waals surface area contributed by atoms with Crippen LogP contribution in [-0.2, 0) is 0 Å². The van der Waals surface area contributed by atoms with Crippen LogP contribution in [0.1, 0.15) is 24.2 Å². The molecule has 0 aliphatic rings. The summed E-state index contributed by atoms with van der Waals surface area (Å²) >= 11 is 0. The number of hydrogen-bond acceptors (Lipinski definition) is 4. The second-order valence-corrected chi connectivity index (χ2v) is 4.69. The van der Waals surface area contributed by atoms with E-state index in [2.05, 4.69) is 18.7 Å². The molecule has 0 saturated carbocycles. The van der Waals surface area contributed by atoms with E-state index in [1.54, 1.807) is 18.2 Å². The molecule has 0 saturated heterocycles. The number of anilines is 2. The van der Waals surface area contributed by atoms with Gasteiger partial charge in [0.05, 0.1) is 5.56 Å². The number of benzene rings is 2. The molecule has 4 heteroatoms. The van der Waals surface area contributed by atoms with Crippen molar-refractivity contribution >= 4 is 17.7 Å². The van der Waals surface area contributed by atoms with E-state index < -0.39 is 0 Å². The van der Waals surface area contributed by atoms with Crippen LogP contribution in [0.15, 0.2) is 42.5 Å². The predicted molar refractivity (Wildman–Crippen MR) is 86.3 cm³/mol. The van der Waals surface area contributed by atoms with E-state index in [1.165, 1.54) is 0 Å². The molecule has 4 nitrogen and oxygen atoms in total. The lowest BCUT2D eigenvalue weighted by Crippen LogP contribution is -2.21. The third kappa shape index (κ3) is 3.54. The van der Waals surface area contributed by atoms with Gasteiger partial charge in [-0.05, 0) is 38.1 Å². The monoisotopic (exact) mass is 284 g/mol. The van der Waals surface area contributed by atoms with E-state index in [0.29, 0.717) is 22.7 Å². The molecule has 0 amide bonds. The van der Waals surface area contributed by atoms with E-state index in [0.717, 1.165) is 25.1 Å². The quantitative estimate of drug-likeness (QED) is 0.649. The molecule has 21 heavy (non-hydrogen) atoms. The zero-order chi connectivity index (χ0) is 15.2. The summed E-state index contributed by atoms with van der Waals surface area (Å²) in [5, 5.41) is 0. The Morgan fingerprint density at radius 3 is 2.52 bits per heavy atom. The number of rotatable bonds is 6. The molecule has 2 N–H and O–H groups in total. The number of nitrogens with two attached hydrogens (primary N) is 1. The summed E-state index contributed by atoms with van der Waals surface area (Å²) in [4.78, 5) is 13.4. The Morgan fingerprint density at radius 2 is 1.90 bits per heavy atom. The van der Waals surface area contributed by atoms with Crippen molar-refractivity contribution in [3.05, 3.63) is 48.0 Å². The molecule has 110 valence electrons. The molecule has 2 aromatic rings. The highest BCUT2D eigenvalue weighted by Crippen LogP contribution is 2.30. The number of hydrogen-bond donors (Lipinski definition) is 1. The summed E-state index contributed by atoms with van der Waals surface area (Å²) < 4.78 is 5.82. The molecule has 2 rings (SSSR count). The normalized spacial score (nSPS) is 10.2. The van der Waals surface area contributed by atoms with Gasteiger partial charge in [-0.15, -0.1) is 0 Å². The smallest absolute Gasteiger partial charge is 0.153 e. The Kier molecular flexibility index (Phi) is 4.82. The zero-order valence-electron chi connectivity index (χ0n) is 12.4. The summed E-state index contributed by atoms with van der Waals surface area (Å²) in [6.07, 6.45) is 0.799. The van der Waals surface area contributed by atoms with Crippen LogP contribution in [0.2, 0.25) is 0 Å². The van der Waals surface area contributed by atoms with Crippen molar-refractivity contribution < 1.29 is 9.53 Å². The standard InChI is InChI=1S/C17H20N2O2/c1-3-19(4-2)15-9-8-13(12-20)17(11-15)21-16-7-5-6-14(18)10-16/h5-12H,3-4,18H2,1-2H3. The van der Waals surface area contributed by atoms with Crippen molar-refractivity contribution in [2.24, 2.45) is 0 Å². The van der Waals surface area contributed by atoms with Crippen LogP contribution in [0.4, 0.5) is 11.4 Å². The molecule has 0 heterocycles. The minimum atomic E-state index is 0.522. The third-order valence-electron chi connectivity index (χ3n) is 3.34. The number of nitrogens with zero attached hydrogens (tertiary/aromatic N) is 1. The Balaban J connectivity index is 2.36. The number of ether oxygens (including phenoxy) is 1. The number of aldehydes is 1. The zero-order valence-corrected chi connectivity index (χ0v) is 12.4. The van der Waals surface area contributed by atoms with E-state index in [9.17, 15) is 4.79 Å². The van der Waals surface area contributed by atoms with Gasteiger partial charge >= 0.3 is 0 Å². The van der Waals surface area contributed by atoms with Gasteiger partial charge in [0.1, 0.15) is 11.5 Å². The van der Waals surface area contributed by atoms with Crippen LogP contribution in [0.25, 0.3) is 0 Å². The topological polar surface area (TPSA) is 55.6 Å². The summed E-state index contributed by atoms with van der Waals surface area (Å²) in [6, 6.07) is 12.8. The summed E-state index contributed by atoms with van der Waals surface area (Å²) in [6.45, 7) is 5.98. The largest absolute Gasteiger partial charge is 0.456 e. The fraction of sp³-hybridized carbons (Fsp3) is 0.235. The highest BCUT2D eigenvalue weighted by Gasteiger charge is 2.09. The molecule has 0 fully saturated rings. The van der Waals surface area contributed by atoms with Gasteiger partial charge in [-0.3, -0.25) is 4.79 Å². The highest BCUT2D eigenvalue weighted by molar-refractivity contribution is 5.81. The van der Waals surface area contributed by atoms with Crippen LogP contribution in [-0.4, -0.2) is 19.4 Å². The van der Waals surface area contributed by atoms with Gasteiger partial charge in [0, 0.05) is 36.6 Å². The molecule has 0 aliphatic carbocycles. The van der Waals surface area contributed by atoms with E-state index >= 15 is 0 Å². The average Bonchev–Trinajstić information content (AvgIpc) is 2.49. The lowest BCUT2D eigenvalue weighted by atomic mass is 10.2. The molecule has 2 aromatic carbocycles. The molecule has 0 unspecified atom stereocenters. The SMILES string of the molecule is CCN(CC)c1ccc(C=O)c(Oc2cccc(N)c2)c1. The molecule has 0 bridgehead atoms. The maximum absolute atomic E-state index is 11.2. The van der Waals surface area contributed by atoms with Crippen LogP contribution >= 0.6 is 0 Å². The van der Waals surface area contributed by atoms with Crippen molar-refractivity contribution in [1.29, 1.82) is 0 Å². The van der Waals surface area contributed by atoms with E-state index in [4.69, 9.17) is 10.5 Å². The van der Waals surface area contributed by atoms with Gasteiger partial charge in [-0.2, -0.15) is 0 Å². The molecule has 0 radical (unpaired) electrons. The fourth-order valence-electron chi connectivity index (χ4n) is 2.20. The van der Waals surface area contributed by atoms with Gasteiger partial charge in [-0.25, -0.2) is 0 Å². The van der Waals surface area contributed by atoms with Crippen molar-refractivity contribution in [3.8, 4) is 11.5 Å². The predicted octanol–water partition coefficient (Wildman–Crippen LogP) is 3.72. The van der Waals surface area contributed by atoms with Crippen molar-refractivity contribution in [1.82, 2.24) is 0 Å². The summed E-state index contributed by atoms with van der Waals surface area (Å²) in [5.41, 5.74) is 7.92. The molecule has 0 aromatic heterocycles. The highest BCUT2D eigenvalue weighted by atomic mass is 16.5.